The smallest absolute Gasteiger partial charge is 0.384 e. The second-order valence-electron chi connectivity index (χ2n) is 4.04. The fourth-order valence-corrected chi connectivity index (χ4v) is 2.75. The van der Waals surface area contributed by atoms with Crippen LogP contribution in [0.2, 0.25) is 5.02 Å². The molecular formula is C11H10ClF3O5S. The molecule has 21 heavy (non-hydrogen) atoms. The number of halogens is 4. The van der Waals surface area contributed by atoms with E-state index in [-0.39, 0.29) is 0 Å². The van der Waals surface area contributed by atoms with Crippen molar-refractivity contribution in [3.05, 3.63) is 28.3 Å². The SMILES string of the molecule is CS(=O)(=O)c1ccc(C(=O)O)c(Cl)c1COC(F)(F)CF. The summed E-state index contributed by atoms with van der Waals surface area (Å²) in [5.74, 6) is -1.47. The predicted octanol–water partition coefficient (Wildman–Crippen LogP) is 2.52. The summed E-state index contributed by atoms with van der Waals surface area (Å²) >= 11 is 5.72. The summed E-state index contributed by atoms with van der Waals surface area (Å²) in [5.41, 5.74) is -0.946. The molecule has 0 spiro atoms. The van der Waals surface area contributed by atoms with Crippen molar-refractivity contribution >= 4 is 27.4 Å². The van der Waals surface area contributed by atoms with Crippen LogP contribution in [0.25, 0.3) is 0 Å². The summed E-state index contributed by atoms with van der Waals surface area (Å²) in [4.78, 5) is 10.4. The predicted molar refractivity (Wildman–Crippen MR) is 67.2 cm³/mol. The molecule has 0 saturated carbocycles. The van der Waals surface area contributed by atoms with Crippen molar-refractivity contribution in [1.82, 2.24) is 0 Å². The van der Waals surface area contributed by atoms with Gasteiger partial charge in [-0.2, -0.15) is 8.78 Å². The molecule has 0 aliphatic heterocycles. The fraction of sp³-hybridized carbons (Fsp3) is 0.364. The van der Waals surface area contributed by atoms with E-state index in [1.165, 1.54) is 0 Å². The van der Waals surface area contributed by atoms with Gasteiger partial charge in [0.25, 0.3) is 0 Å². The molecule has 0 atom stereocenters. The number of sulfone groups is 1. The van der Waals surface area contributed by atoms with E-state index in [9.17, 15) is 26.4 Å². The van der Waals surface area contributed by atoms with Crippen LogP contribution in [0.1, 0.15) is 15.9 Å². The van der Waals surface area contributed by atoms with E-state index in [2.05, 4.69) is 4.74 Å². The van der Waals surface area contributed by atoms with E-state index in [0.717, 1.165) is 18.4 Å². The topological polar surface area (TPSA) is 80.7 Å². The van der Waals surface area contributed by atoms with Gasteiger partial charge >= 0.3 is 12.1 Å². The summed E-state index contributed by atoms with van der Waals surface area (Å²) < 4.78 is 64.6. The second-order valence-corrected chi connectivity index (χ2v) is 6.40. The molecule has 0 heterocycles. The second kappa shape index (κ2) is 6.20. The first-order valence-corrected chi connectivity index (χ1v) is 7.59. The minimum absolute atomic E-state index is 0.466. The molecule has 0 aliphatic carbocycles. The number of hydrogen-bond acceptors (Lipinski definition) is 4. The van der Waals surface area contributed by atoms with Crippen LogP contribution in [0.15, 0.2) is 17.0 Å². The zero-order valence-corrected chi connectivity index (χ0v) is 12.1. The quantitative estimate of drug-likeness (QED) is 0.856. The number of aromatic carboxylic acids is 1. The Labute approximate surface area is 123 Å². The Bertz CT molecular complexity index is 660. The van der Waals surface area contributed by atoms with Crippen LogP contribution in [0, 0.1) is 0 Å². The van der Waals surface area contributed by atoms with Gasteiger partial charge in [-0.05, 0) is 12.1 Å². The fourth-order valence-electron chi connectivity index (χ4n) is 1.47. The van der Waals surface area contributed by atoms with Gasteiger partial charge in [0.15, 0.2) is 16.5 Å². The zero-order valence-electron chi connectivity index (χ0n) is 10.6. The first-order chi connectivity index (χ1) is 9.49. The van der Waals surface area contributed by atoms with Gasteiger partial charge in [-0.1, -0.05) is 11.6 Å². The van der Waals surface area contributed by atoms with Gasteiger partial charge in [0, 0.05) is 11.8 Å². The van der Waals surface area contributed by atoms with Crippen molar-refractivity contribution in [3.8, 4) is 0 Å². The monoisotopic (exact) mass is 346 g/mol. The molecule has 0 saturated heterocycles. The van der Waals surface area contributed by atoms with Gasteiger partial charge in [0.05, 0.1) is 22.1 Å². The maximum absolute atomic E-state index is 12.8. The van der Waals surface area contributed by atoms with E-state index in [4.69, 9.17) is 16.7 Å². The van der Waals surface area contributed by atoms with Crippen LogP contribution in [0.3, 0.4) is 0 Å². The Kier molecular flexibility index (Phi) is 5.24. The van der Waals surface area contributed by atoms with Crippen LogP contribution in [0.5, 0.6) is 0 Å². The van der Waals surface area contributed by atoms with Crippen LogP contribution < -0.4 is 0 Å². The molecule has 0 aromatic heterocycles. The van der Waals surface area contributed by atoms with Gasteiger partial charge in [-0.3, -0.25) is 0 Å². The molecule has 10 heteroatoms. The molecule has 1 aromatic carbocycles. The highest BCUT2D eigenvalue weighted by Gasteiger charge is 2.32. The largest absolute Gasteiger partial charge is 0.478 e. The summed E-state index contributed by atoms with van der Waals surface area (Å²) in [6.45, 7) is -3.17. The number of rotatable bonds is 6. The molecular weight excluding hydrogens is 337 g/mol. The molecule has 1 aromatic rings. The Balaban J connectivity index is 3.37. The molecule has 0 amide bonds. The summed E-state index contributed by atoms with van der Waals surface area (Å²) in [6, 6.07) is 1.84. The highest BCUT2D eigenvalue weighted by Crippen LogP contribution is 2.30. The van der Waals surface area contributed by atoms with E-state index in [1.807, 2.05) is 0 Å². The first kappa shape index (κ1) is 17.7. The Morgan fingerprint density at radius 1 is 1.43 bits per heavy atom. The average Bonchev–Trinajstić information content (AvgIpc) is 2.35. The average molecular weight is 347 g/mol. The van der Waals surface area contributed by atoms with Crippen molar-refractivity contribution < 1.29 is 36.2 Å². The third-order valence-corrected chi connectivity index (χ3v) is 4.03. The van der Waals surface area contributed by atoms with Gasteiger partial charge in [-0.25, -0.2) is 17.6 Å². The van der Waals surface area contributed by atoms with Crippen LogP contribution in [-0.2, 0) is 21.2 Å². The van der Waals surface area contributed by atoms with Gasteiger partial charge in [0.1, 0.15) is 0 Å². The van der Waals surface area contributed by atoms with Crippen LogP contribution >= 0.6 is 11.6 Å². The minimum Gasteiger partial charge on any atom is -0.478 e. The number of hydrogen-bond donors (Lipinski definition) is 1. The van der Waals surface area contributed by atoms with E-state index >= 15 is 0 Å². The number of carbonyl (C=O) groups is 1. The highest BCUT2D eigenvalue weighted by molar-refractivity contribution is 7.90. The molecule has 1 N–H and O–H groups in total. The molecule has 1 rings (SSSR count). The Hall–Kier alpha value is -1.32. The maximum atomic E-state index is 12.8. The lowest BCUT2D eigenvalue weighted by Gasteiger charge is -2.16. The number of carboxylic acid groups (broad SMARTS) is 1. The van der Waals surface area contributed by atoms with Gasteiger partial charge in [0.2, 0.25) is 0 Å². The minimum atomic E-state index is -4.13. The lowest BCUT2D eigenvalue weighted by atomic mass is 10.1. The third-order valence-electron chi connectivity index (χ3n) is 2.41. The molecule has 5 nitrogen and oxygen atoms in total. The van der Waals surface area contributed by atoms with Crippen LogP contribution in [-0.4, -0.2) is 38.5 Å². The van der Waals surface area contributed by atoms with Crippen molar-refractivity contribution in [2.24, 2.45) is 0 Å². The van der Waals surface area contributed by atoms with Crippen LogP contribution in [0.4, 0.5) is 13.2 Å². The van der Waals surface area contributed by atoms with Gasteiger partial charge < -0.3 is 9.84 Å². The molecule has 0 aliphatic rings. The maximum Gasteiger partial charge on any atom is 0.384 e. The van der Waals surface area contributed by atoms with Crippen molar-refractivity contribution in [1.29, 1.82) is 0 Å². The molecule has 0 unspecified atom stereocenters. The lowest BCUT2D eigenvalue weighted by molar-refractivity contribution is -0.253. The Morgan fingerprint density at radius 2 is 2.00 bits per heavy atom. The number of benzene rings is 1. The standard InChI is InChI=1S/C11H10ClF3O5S/c1-21(18,19)8-3-2-6(10(16)17)9(12)7(8)4-20-11(14,15)5-13/h2-3H,4-5H2,1H3,(H,16,17). The van der Waals surface area contributed by atoms with E-state index < -0.39 is 56.2 Å². The molecule has 0 radical (unpaired) electrons. The molecule has 0 bridgehead atoms. The summed E-state index contributed by atoms with van der Waals surface area (Å²) in [5, 5.41) is 8.32. The normalized spacial score (nSPS) is 12.4. The first-order valence-electron chi connectivity index (χ1n) is 5.32. The zero-order chi connectivity index (χ0) is 16.4. The highest BCUT2D eigenvalue weighted by atomic mass is 35.5. The third kappa shape index (κ3) is 4.32. The Morgan fingerprint density at radius 3 is 2.43 bits per heavy atom. The van der Waals surface area contributed by atoms with Crippen molar-refractivity contribution in [2.45, 2.75) is 17.6 Å². The summed E-state index contributed by atoms with van der Waals surface area (Å²) in [6.07, 6.45) is -3.34. The number of alkyl halides is 3. The number of carboxylic acids is 1. The van der Waals surface area contributed by atoms with E-state index in [1.54, 1.807) is 0 Å². The van der Waals surface area contributed by atoms with Gasteiger partial charge in [-0.15, -0.1) is 0 Å². The van der Waals surface area contributed by atoms with E-state index in [0.29, 0.717) is 0 Å². The molecule has 0 fully saturated rings. The van der Waals surface area contributed by atoms with Crippen molar-refractivity contribution in [3.63, 3.8) is 0 Å². The summed E-state index contributed by atoms with van der Waals surface area (Å²) in [7, 11) is -3.87. The lowest BCUT2D eigenvalue weighted by Crippen LogP contribution is -2.23. The van der Waals surface area contributed by atoms with Crippen molar-refractivity contribution in [2.75, 3.05) is 12.9 Å². The number of ether oxygens (including phenoxy) is 1. The molecule has 118 valence electrons.